The molecule has 2 aromatic rings. The van der Waals surface area contributed by atoms with Crippen LogP contribution in [0.2, 0.25) is 0 Å². The van der Waals surface area contributed by atoms with E-state index in [0.717, 1.165) is 10.9 Å². The van der Waals surface area contributed by atoms with Crippen molar-refractivity contribution in [2.75, 3.05) is 0 Å². The molecule has 23 heavy (non-hydrogen) atoms. The van der Waals surface area contributed by atoms with Crippen LogP contribution < -0.4 is 0 Å². The fraction of sp³-hybridized carbons (Fsp3) is 0.692. The van der Waals surface area contributed by atoms with Gasteiger partial charge in [0.25, 0.3) is 0 Å². The molecule has 0 aromatic carbocycles. The number of tetrazole rings is 1. The van der Waals surface area contributed by atoms with Gasteiger partial charge in [0.2, 0.25) is 0 Å². The first-order valence-electron chi connectivity index (χ1n) is 7.20. The molecule has 6 nitrogen and oxygen atoms in total. The molecule has 0 fully saturated rings. The number of hydrogen-bond donors (Lipinski definition) is 0. The van der Waals surface area contributed by atoms with Crippen LogP contribution >= 0.6 is 11.8 Å². The Balaban J connectivity index is 2.07. The minimum Gasteiger partial charge on any atom is -0.320 e. The van der Waals surface area contributed by atoms with Crippen LogP contribution in [0.15, 0.2) is 11.4 Å². The SMILES string of the molecule is CC(C)c1cnc(SCc2nnn(CC(F)(F)F)n2)n1C(C)C. The molecule has 2 aromatic heterocycles. The molecule has 0 aliphatic rings. The number of rotatable bonds is 6. The van der Waals surface area contributed by atoms with Crippen LogP contribution in [0.5, 0.6) is 0 Å². The van der Waals surface area contributed by atoms with Crippen molar-refractivity contribution in [3.63, 3.8) is 0 Å². The van der Waals surface area contributed by atoms with Gasteiger partial charge in [-0.2, -0.15) is 18.0 Å². The molecule has 10 heteroatoms. The second kappa shape index (κ2) is 6.90. The van der Waals surface area contributed by atoms with Crippen molar-refractivity contribution in [1.82, 2.24) is 29.8 Å². The maximum absolute atomic E-state index is 12.3. The van der Waals surface area contributed by atoms with Gasteiger partial charge in [0, 0.05) is 17.9 Å². The molecule has 0 N–H and O–H groups in total. The van der Waals surface area contributed by atoms with E-state index >= 15 is 0 Å². The van der Waals surface area contributed by atoms with Crippen LogP contribution in [0.25, 0.3) is 0 Å². The van der Waals surface area contributed by atoms with Gasteiger partial charge >= 0.3 is 6.18 Å². The molecular weight excluding hydrogens is 329 g/mol. The van der Waals surface area contributed by atoms with Gasteiger partial charge in [0.1, 0.15) is 0 Å². The largest absolute Gasteiger partial charge is 0.409 e. The fourth-order valence-corrected chi connectivity index (χ4v) is 3.06. The standard InChI is InChI=1S/C13H19F3N6S/c1-8(2)10-5-17-12(22(10)9(3)4)23-6-11-18-20-21(19-11)7-13(14,15)16/h5,8-9H,6-7H2,1-4H3. The quantitative estimate of drug-likeness (QED) is 0.749. The highest BCUT2D eigenvalue weighted by atomic mass is 32.2. The lowest BCUT2D eigenvalue weighted by atomic mass is 10.1. The van der Waals surface area contributed by atoms with Crippen LogP contribution in [-0.2, 0) is 12.3 Å². The molecule has 0 aliphatic heterocycles. The summed E-state index contributed by atoms with van der Waals surface area (Å²) in [7, 11) is 0. The Morgan fingerprint density at radius 3 is 2.48 bits per heavy atom. The summed E-state index contributed by atoms with van der Waals surface area (Å²) in [6, 6.07) is 0.242. The Kier molecular flexibility index (Phi) is 5.33. The molecule has 2 heterocycles. The average molecular weight is 348 g/mol. The molecule has 0 atom stereocenters. The van der Waals surface area contributed by atoms with Gasteiger partial charge in [-0.15, -0.1) is 10.2 Å². The van der Waals surface area contributed by atoms with Gasteiger partial charge in [-0.3, -0.25) is 0 Å². The smallest absolute Gasteiger partial charge is 0.320 e. The highest BCUT2D eigenvalue weighted by Gasteiger charge is 2.29. The van der Waals surface area contributed by atoms with Crippen molar-refractivity contribution < 1.29 is 13.2 Å². The normalized spacial score (nSPS) is 12.6. The maximum atomic E-state index is 12.3. The predicted molar refractivity (Wildman–Crippen MR) is 80.1 cm³/mol. The third-order valence-corrected chi connectivity index (χ3v) is 4.01. The zero-order chi connectivity index (χ0) is 17.2. The second-order valence-electron chi connectivity index (χ2n) is 5.72. The number of thioether (sulfide) groups is 1. The Morgan fingerprint density at radius 2 is 1.91 bits per heavy atom. The lowest BCUT2D eigenvalue weighted by Gasteiger charge is -2.16. The molecule has 0 amide bonds. The number of alkyl halides is 3. The molecule has 0 radical (unpaired) electrons. The highest BCUT2D eigenvalue weighted by molar-refractivity contribution is 7.98. The molecule has 0 unspecified atom stereocenters. The van der Waals surface area contributed by atoms with E-state index in [2.05, 4.69) is 52.7 Å². The van der Waals surface area contributed by atoms with Gasteiger partial charge in [-0.05, 0) is 25.0 Å². The molecule has 128 valence electrons. The van der Waals surface area contributed by atoms with Crippen LogP contribution in [0.1, 0.15) is 51.2 Å². The van der Waals surface area contributed by atoms with E-state index < -0.39 is 12.7 Å². The molecule has 0 bridgehead atoms. The Bertz CT molecular complexity index is 646. The number of aromatic nitrogens is 6. The zero-order valence-electron chi connectivity index (χ0n) is 13.4. The third-order valence-electron chi connectivity index (χ3n) is 3.04. The van der Waals surface area contributed by atoms with Crippen molar-refractivity contribution in [3.8, 4) is 0 Å². The van der Waals surface area contributed by atoms with E-state index in [4.69, 9.17) is 0 Å². The number of hydrogen-bond acceptors (Lipinski definition) is 5. The van der Waals surface area contributed by atoms with Crippen LogP contribution in [0, 0.1) is 0 Å². The van der Waals surface area contributed by atoms with Gasteiger partial charge in [0.15, 0.2) is 17.5 Å². The molecule has 0 saturated heterocycles. The lowest BCUT2D eigenvalue weighted by molar-refractivity contribution is -0.145. The third kappa shape index (κ3) is 4.69. The van der Waals surface area contributed by atoms with Crippen molar-refractivity contribution >= 4 is 11.8 Å². The fourth-order valence-electron chi connectivity index (χ4n) is 2.10. The molecule has 0 aliphatic carbocycles. The van der Waals surface area contributed by atoms with Gasteiger partial charge in [-0.25, -0.2) is 4.98 Å². The van der Waals surface area contributed by atoms with Crippen LogP contribution in [-0.4, -0.2) is 35.9 Å². The van der Waals surface area contributed by atoms with E-state index in [1.54, 1.807) is 0 Å². The molecular formula is C13H19F3N6S. The Hall–Kier alpha value is -1.58. The van der Waals surface area contributed by atoms with Crippen molar-refractivity contribution in [1.29, 1.82) is 0 Å². The van der Waals surface area contributed by atoms with E-state index in [-0.39, 0.29) is 11.9 Å². The average Bonchev–Trinajstić information content (AvgIpc) is 3.00. The Labute approximate surface area is 136 Å². The first kappa shape index (κ1) is 17.8. The first-order chi connectivity index (χ1) is 10.7. The van der Waals surface area contributed by atoms with Gasteiger partial charge < -0.3 is 4.57 Å². The van der Waals surface area contributed by atoms with E-state index in [1.807, 2.05) is 6.20 Å². The molecule has 0 spiro atoms. The highest BCUT2D eigenvalue weighted by Crippen LogP contribution is 2.28. The summed E-state index contributed by atoms with van der Waals surface area (Å²) in [5.41, 5.74) is 1.12. The summed E-state index contributed by atoms with van der Waals surface area (Å²) < 4.78 is 38.9. The summed E-state index contributed by atoms with van der Waals surface area (Å²) in [4.78, 5) is 4.96. The van der Waals surface area contributed by atoms with Gasteiger partial charge in [0.05, 0.1) is 5.75 Å². The number of halogens is 3. The minimum atomic E-state index is -4.36. The predicted octanol–water partition coefficient (Wildman–Crippen LogP) is 3.43. The van der Waals surface area contributed by atoms with Gasteiger partial charge in [-0.1, -0.05) is 25.6 Å². The Morgan fingerprint density at radius 1 is 1.22 bits per heavy atom. The summed E-state index contributed by atoms with van der Waals surface area (Å²) in [5.74, 6) is 0.910. The number of imidazole rings is 1. The summed E-state index contributed by atoms with van der Waals surface area (Å²) in [6.07, 6.45) is -2.52. The zero-order valence-corrected chi connectivity index (χ0v) is 14.2. The van der Waals surface area contributed by atoms with Crippen molar-refractivity contribution in [2.24, 2.45) is 0 Å². The maximum Gasteiger partial charge on any atom is 0.409 e. The molecule has 0 saturated carbocycles. The number of nitrogens with zero attached hydrogens (tertiary/aromatic N) is 6. The molecule has 2 rings (SSSR count). The van der Waals surface area contributed by atoms with Crippen LogP contribution in [0.4, 0.5) is 13.2 Å². The van der Waals surface area contributed by atoms with Crippen LogP contribution in [0.3, 0.4) is 0 Å². The van der Waals surface area contributed by atoms with E-state index in [1.165, 1.54) is 11.8 Å². The lowest BCUT2D eigenvalue weighted by Crippen LogP contribution is -2.19. The topological polar surface area (TPSA) is 61.4 Å². The minimum absolute atomic E-state index is 0.242. The van der Waals surface area contributed by atoms with Crippen molar-refractivity contribution in [3.05, 3.63) is 17.7 Å². The summed E-state index contributed by atoms with van der Waals surface area (Å²) >= 11 is 1.39. The van der Waals surface area contributed by atoms with Crippen molar-refractivity contribution in [2.45, 2.75) is 63.3 Å². The van der Waals surface area contributed by atoms with E-state index in [9.17, 15) is 13.2 Å². The first-order valence-corrected chi connectivity index (χ1v) is 8.19. The van der Waals surface area contributed by atoms with E-state index in [0.29, 0.717) is 16.5 Å². The summed E-state index contributed by atoms with van der Waals surface area (Å²) in [6.45, 7) is 7.08. The summed E-state index contributed by atoms with van der Waals surface area (Å²) in [5, 5.41) is 11.6. The second-order valence-corrected chi connectivity index (χ2v) is 6.67. The monoisotopic (exact) mass is 348 g/mol.